The van der Waals surface area contributed by atoms with Crippen molar-refractivity contribution in [1.29, 1.82) is 0 Å². The van der Waals surface area contributed by atoms with Gasteiger partial charge in [-0.25, -0.2) is 15.0 Å². The number of furan rings is 2. The Hall–Kier alpha value is -7.41. The summed E-state index contributed by atoms with van der Waals surface area (Å²) in [5, 5.41) is 6.81. The summed E-state index contributed by atoms with van der Waals surface area (Å²) in [6, 6.07) is 61.1. The molecule has 6 heteroatoms. The molecule has 0 saturated carbocycles. The molecule has 0 bridgehead atoms. The second-order valence-electron chi connectivity index (χ2n) is 14.4. The molecule has 5 nitrogen and oxygen atoms in total. The van der Waals surface area contributed by atoms with E-state index in [-0.39, 0.29) is 0 Å². The molecule has 0 atom stereocenters. The van der Waals surface area contributed by atoms with Crippen LogP contribution >= 0.6 is 11.3 Å². The average Bonchev–Trinajstić information content (AvgIpc) is 3.97. The Labute approximate surface area is 330 Å². The van der Waals surface area contributed by atoms with Crippen molar-refractivity contribution in [3.05, 3.63) is 176 Å². The van der Waals surface area contributed by atoms with E-state index in [1.54, 1.807) is 0 Å². The lowest BCUT2D eigenvalue weighted by atomic mass is 9.98. The van der Waals surface area contributed by atoms with Crippen LogP contribution in [0.1, 0.15) is 0 Å². The minimum atomic E-state index is 0.561. The number of benzene rings is 8. The molecule has 0 amide bonds. The van der Waals surface area contributed by atoms with Gasteiger partial charge in [0.25, 0.3) is 0 Å². The number of hydrogen-bond donors (Lipinski definition) is 0. The van der Waals surface area contributed by atoms with E-state index in [1.807, 2.05) is 47.7 Å². The summed E-state index contributed by atoms with van der Waals surface area (Å²) < 4.78 is 15.3. The van der Waals surface area contributed by atoms with Gasteiger partial charge in [-0.3, -0.25) is 0 Å². The first-order valence-electron chi connectivity index (χ1n) is 18.9. The Morgan fingerprint density at radius 1 is 0.316 bits per heavy atom. The molecule has 4 aromatic heterocycles. The zero-order chi connectivity index (χ0) is 37.5. The predicted octanol–water partition coefficient (Wildman–Crippen LogP) is 14.4. The maximum atomic E-state index is 6.44. The lowest BCUT2D eigenvalue weighted by Gasteiger charge is -2.10. The molecule has 12 aromatic rings. The molecular weight excluding hydrogens is 719 g/mol. The molecular formula is C51H29N3O2S. The van der Waals surface area contributed by atoms with Crippen molar-refractivity contribution >= 4 is 75.4 Å². The number of thiophene rings is 1. The van der Waals surface area contributed by atoms with Crippen LogP contribution in [0.25, 0.3) is 120 Å². The van der Waals surface area contributed by atoms with Crippen LogP contribution in [0.3, 0.4) is 0 Å². The molecule has 0 aliphatic rings. The van der Waals surface area contributed by atoms with Crippen LogP contribution in [-0.4, -0.2) is 15.0 Å². The third kappa shape index (κ3) is 5.26. The molecule has 0 spiro atoms. The van der Waals surface area contributed by atoms with Gasteiger partial charge in [0.15, 0.2) is 17.5 Å². The van der Waals surface area contributed by atoms with Gasteiger partial charge in [0.1, 0.15) is 22.3 Å². The van der Waals surface area contributed by atoms with Gasteiger partial charge in [-0.2, -0.15) is 0 Å². The van der Waals surface area contributed by atoms with Gasteiger partial charge in [-0.05, 0) is 76.9 Å². The molecule has 0 fully saturated rings. The SMILES string of the molecule is c1ccc(-c2ccc3oc4cc(-c5nc(-c6ccc(-c7cccc8sc9ccccc9c78)cc6)nc(-c6ccc7c(c6)oc6ccccc67)n5)ccc4c3c2)cc1. The second kappa shape index (κ2) is 12.6. The molecule has 0 aliphatic carbocycles. The Balaban J connectivity index is 0.992. The van der Waals surface area contributed by atoms with Crippen LogP contribution in [0.2, 0.25) is 0 Å². The minimum Gasteiger partial charge on any atom is -0.456 e. The van der Waals surface area contributed by atoms with Crippen molar-refractivity contribution < 1.29 is 8.83 Å². The Bertz CT molecular complexity index is 3530. The average molecular weight is 748 g/mol. The van der Waals surface area contributed by atoms with Crippen molar-refractivity contribution in [2.75, 3.05) is 0 Å². The van der Waals surface area contributed by atoms with Crippen molar-refractivity contribution in [2.45, 2.75) is 0 Å². The fourth-order valence-electron chi connectivity index (χ4n) is 8.17. The van der Waals surface area contributed by atoms with E-state index in [1.165, 1.54) is 31.3 Å². The van der Waals surface area contributed by atoms with Crippen molar-refractivity contribution in [1.82, 2.24) is 15.0 Å². The van der Waals surface area contributed by atoms with Gasteiger partial charge < -0.3 is 8.83 Å². The second-order valence-corrected chi connectivity index (χ2v) is 15.4. The summed E-state index contributed by atoms with van der Waals surface area (Å²) >= 11 is 1.83. The van der Waals surface area contributed by atoms with Crippen molar-refractivity contribution in [3.63, 3.8) is 0 Å². The zero-order valence-corrected chi connectivity index (χ0v) is 31.1. The van der Waals surface area contributed by atoms with Gasteiger partial charge in [0.2, 0.25) is 0 Å². The van der Waals surface area contributed by atoms with Crippen molar-refractivity contribution in [2.24, 2.45) is 0 Å². The molecule has 266 valence electrons. The number of para-hydroxylation sites is 1. The number of aromatic nitrogens is 3. The van der Waals surface area contributed by atoms with E-state index in [9.17, 15) is 0 Å². The fraction of sp³-hybridized carbons (Fsp3) is 0. The number of hydrogen-bond acceptors (Lipinski definition) is 6. The molecule has 0 radical (unpaired) electrons. The topological polar surface area (TPSA) is 65.0 Å². The van der Waals surface area contributed by atoms with E-state index in [2.05, 4.69) is 140 Å². The third-order valence-electron chi connectivity index (χ3n) is 11.0. The first-order valence-corrected chi connectivity index (χ1v) is 19.7. The van der Waals surface area contributed by atoms with Crippen LogP contribution in [0.5, 0.6) is 0 Å². The summed E-state index contributed by atoms with van der Waals surface area (Å²) in [7, 11) is 0. The Kier molecular flexibility index (Phi) is 7.03. The minimum absolute atomic E-state index is 0.561. The van der Waals surface area contributed by atoms with E-state index >= 15 is 0 Å². The van der Waals surface area contributed by atoms with Crippen LogP contribution < -0.4 is 0 Å². The number of fused-ring (bicyclic) bond motifs is 9. The van der Waals surface area contributed by atoms with Crippen LogP contribution in [0.4, 0.5) is 0 Å². The molecule has 0 saturated heterocycles. The van der Waals surface area contributed by atoms with Gasteiger partial charge in [0, 0.05) is 58.4 Å². The maximum absolute atomic E-state index is 6.44. The smallest absolute Gasteiger partial charge is 0.164 e. The van der Waals surface area contributed by atoms with Gasteiger partial charge in [-0.1, -0.05) is 121 Å². The first kappa shape index (κ1) is 31.9. The summed E-state index contributed by atoms with van der Waals surface area (Å²) in [6.45, 7) is 0. The number of nitrogens with zero attached hydrogens (tertiary/aromatic N) is 3. The quantitative estimate of drug-likeness (QED) is 0.175. The summed E-state index contributed by atoms with van der Waals surface area (Å²) in [6.07, 6.45) is 0. The Morgan fingerprint density at radius 2 is 0.860 bits per heavy atom. The highest BCUT2D eigenvalue weighted by Gasteiger charge is 2.18. The highest BCUT2D eigenvalue weighted by Crippen LogP contribution is 2.41. The van der Waals surface area contributed by atoms with Crippen LogP contribution in [-0.2, 0) is 0 Å². The van der Waals surface area contributed by atoms with Gasteiger partial charge in [0.05, 0.1) is 0 Å². The normalized spacial score (nSPS) is 11.9. The maximum Gasteiger partial charge on any atom is 0.164 e. The zero-order valence-electron chi connectivity index (χ0n) is 30.3. The molecule has 0 unspecified atom stereocenters. The predicted molar refractivity (Wildman–Crippen MR) is 234 cm³/mol. The summed E-state index contributed by atoms with van der Waals surface area (Å²) in [5.74, 6) is 1.71. The monoisotopic (exact) mass is 747 g/mol. The van der Waals surface area contributed by atoms with Crippen LogP contribution in [0, 0.1) is 0 Å². The fourth-order valence-corrected chi connectivity index (χ4v) is 9.30. The van der Waals surface area contributed by atoms with E-state index in [0.29, 0.717) is 17.5 Å². The van der Waals surface area contributed by atoms with Gasteiger partial charge >= 0.3 is 0 Å². The highest BCUT2D eigenvalue weighted by atomic mass is 32.1. The van der Waals surface area contributed by atoms with Gasteiger partial charge in [-0.15, -0.1) is 11.3 Å². The molecule has 8 aromatic carbocycles. The standard InChI is InChI=1S/C51H29N3O2S/c1-2-9-30(10-3-1)33-23-26-43-41(27-33)39-25-22-35(29-45(39)56-43)51-53-49(52-50(54-51)34-21-24-38-37-11-4-6-14-42(37)55-44(38)28-34)32-19-17-31(18-20-32)36-13-8-16-47-48(36)40-12-5-7-15-46(40)57-47/h1-29H. The first-order chi connectivity index (χ1) is 28.2. The lowest BCUT2D eigenvalue weighted by molar-refractivity contribution is 0.668. The molecule has 57 heavy (non-hydrogen) atoms. The summed E-state index contributed by atoms with van der Waals surface area (Å²) in [5.41, 5.74) is 10.5. The van der Waals surface area contributed by atoms with E-state index in [0.717, 1.165) is 71.7 Å². The largest absolute Gasteiger partial charge is 0.456 e. The molecule has 0 N–H and O–H groups in total. The highest BCUT2D eigenvalue weighted by molar-refractivity contribution is 7.25. The van der Waals surface area contributed by atoms with E-state index in [4.69, 9.17) is 23.8 Å². The number of rotatable bonds is 5. The van der Waals surface area contributed by atoms with Crippen LogP contribution in [0.15, 0.2) is 185 Å². The molecule has 0 aliphatic heterocycles. The molecule has 12 rings (SSSR count). The third-order valence-corrected chi connectivity index (χ3v) is 12.1. The Morgan fingerprint density at radius 3 is 1.61 bits per heavy atom. The lowest BCUT2D eigenvalue weighted by Crippen LogP contribution is -2.00. The molecule has 4 heterocycles. The van der Waals surface area contributed by atoms with Crippen molar-refractivity contribution in [3.8, 4) is 56.4 Å². The van der Waals surface area contributed by atoms with E-state index < -0.39 is 0 Å². The summed E-state index contributed by atoms with van der Waals surface area (Å²) in [4.78, 5) is 15.3.